The number of carbonyl (C=O) groups is 2. The number of unbranched alkanes of at least 4 members (excludes halogenated alkanes) is 6. The van der Waals surface area contributed by atoms with Crippen molar-refractivity contribution >= 4 is 11.9 Å². The molecule has 4 heteroatoms. The third-order valence-corrected chi connectivity index (χ3v) is 5.59. The van der Waals surface area contributed by atoms with Gasteiger partial charge in [0.2, 0.25) is 0 Å². The molecule has 1 aliphatic carbocycles. The minimum absolute atomic E-state index is 0.215. The van der Waals surface area contributed by atoms with E-state index < -0.39 is 0 Å². The molecule has 1 fully saturated rings. The van der Waals surface area contributed by atoms with Gasteiger partial charge in [-0.2, -0.15) is 0 Å². The van der Waals surface area contributed by atoms with Crippen molar-refractivity contribution in [2.45, 2.75) is 84.2 Å². The minimum Gasteiger partial charge on any atom is -0.465 e. The Labute approximate surface area is 170 Å². The molecule has 1 aliphatic rings. The van der Waals surface area contributed by atoms with Crippen LogP contribution in [0.4, 0.5) is 0 Å². The van der Waals surface area contributed by atoms with Gasteiger partial charge >= 0.3 is 11.9 Å². The SMILES string of the molecule is CCCCCCCCCOC(=O)C1CCCCC1C(=O)OCc1ccccc1. The fourth-order valence-electron chi connectivity index (χ4n) is 3.87. The Balaban J connectivity index is 1.70. The first-order valence-electron chi connectivity index (χ1n) is 11.1. The van der Waals surface area contributed by atoms with Gasteiger partial charge in [0.25, 0.3) is 0 Å². The van der Waals surface area contributed by atoms with Crippen molar-refractivity contribution in [1.82, 2.24) is 0 Å². The molecule has 0 N–H and O–H groups in total. The van der Waals surface area contributed by atoms with Gasteiger partial charge in [0, 0.05) is 0 Å². The Morgan fingerprint density at radius 2 is 1.39 bits per heavy atom. The summed E-state index contributed by atoms with van der Waals surface area (Å²) < 4.78 is 11.0. The highest BCUT2D eigenvalue weighted by Crippen LogP contribution is 2.32. The summed E-state index contributed by atoms with van der Waals surface area (Å²) in [6, 6.07) is 9.65. The molecule has 2 rings (SSSR count). The summed E-state index contributed by atoms with van der Waals surface area (Å²) >= 11 is 0. The highest BCUT2D eigenvalue weighted by atomic mass is 16.5. The first kappa shape index (κ1) is 22.4. The second-order valence-corrected chi connectivity index (χ2v) is 7.88. The van der Waals surface area contributed by atoms with Gasteiger partial charge in [-0.15, -0.1) is 0 Å². The van der Waals surface area contributed by atoms with Crippen LogP contribution in [0.1, 0.15) is 83.1 Å². The molecular formula is C24H36O4. The summed E-state index contributed by atoms with van der Waals surface area (Å²) in [6.07, 6.45) is 11.7. The van der Waals surface area contributed by atoms with Crippen LogP contribution in [-0.4, -0.2) is 18.5 Å². The summed E-state index contributed by atoms with van der Waals surface area (Å²) in [5, 5.41) is 0. The molecular weight excluding hydrogens is 352 g/mol. The molecule has 0 radical (unpaired) electrons. The van der Waals surface area contributed by atoms with Crippen molar-refractivity contribution in [2.75, 3.05) is 6.61 Å². The minimum atomic E-state index is -0.362. The maximum absolute atomic E-state index is 12.6. The molecule has 4 nitrogen and oxygen atoms in total. The average molecular weight is 389 g/mol. The Morgan fingerprint density at radius 1 is 0.821 bits per heavy atom. The van der Waals surface area contributed by atoms with E-state index in [1.54, 1.807) is 0 Å². The number of benzene rings is 1. The zero-order valence-corrected chi connectivity index (χ0v) is 17.4. The third kappa shape index (κ3) is 8.04. The van der Waals surface area contributed by atoms with Gasteiger partial charge in [-0.25, -0.2) is 0 Å². The number of rotatable bonds is 12. The van der Waals surface area contributed by atoms with E-state index in [1.807, 2.05) is 30.3 Å². The van der Waals surface area contributed by atoms with E-state index in [4.69, 9.17) is 9.47 Å². The Kier molecular flexibility index (Phi) is 10.7. The number of carbonyl (C=O) groups excluding carboxylic acids is 2. The molecule has 1 aromatic rings. The molecule has 0 saturated heterocycles. The molecule has 156 valence electrons. The Hall–Kier alpha value is -1.84. The number of ether oxygens (including phenoxy) is 2. The zero-order chi connectivity index (χ0) is 20.0. The number of hydrogen-bond acceptors (Lipinski definition) is 4. The van der Waals surface area contributed by atoms with Crippen LogP contribution in [0.3, 0.4) is 0 Å². The predicted molar refractivity (Wildman–Crippen MR) is 111 cm³/mol. The molecule has 28 heavy (non-hydrogen) atoms. The monoisotopic (exact) mass is 388 g/mol. The summed E-state index contributed by atoms with van der Waals surface area (Å²) in [7, 11) is 0. The number of hydrogen-bond donors (Lipinski definition) is 0. The van der Waals surface area contributed by atoms with Crippen molar-refractivity contribution in [1.29, 1.82) is 0 Å². The third-order valence-electron chi connectivity index (χ3n) is 5.59. The molecule has 0 spiro atoms. The summed E-state index contributed by atoms with van der Waals surface area (Å²) in [5.74, 6) is -1.19. The second kappa shape index (κ2) is 13.4. The summed E-state index contributed by atoms with van der Waals surface area (Å²) in [5.41, 5.74) is 0.963. The molecule has 2 unspecified atom stereocenters. The molecule has 0 amide bonds. The normalized spacial score (nSPS) is 19.2. The second-order valence-electron chi connectivity index (χ2n) is 7.88. The maximum Gasteiger partial charge on any atom is 0.310 e. The van der Waals surface area contributed by atoms with Gasteiger partial charge in [-0.1, -0.05) is 88.6 Å². The van der Waals surface area contributed by atoms with Gasteiger partial charge < -0.3 is 9.47 Å². The first-order chi connectivity index (χ1) is 13.7. The lowest BCUT2D eigenvalue weighted by atomic mass is 9.79. The Morgan fingerprint density at radius 3 is 2.04 bits per heavy atom. The van der Waals surface area contributed by atoms with Crippen molar-refractivity contribution in [3.63, 3.8) is 0 Å². The zero-order valence-electron chi connectivity index (χ0n) is 17.4. The van der Waals surface area contributed by atoms with Crippen LogP contribution in [0.5, 0.6) is 0 Å². The van der Waals surface area contributed by atoms with Crippen molar-refractivity contribution in [3.8, 4) is 0 Å². The van der Waals surface area contributed by atoms with Crippen LogP contribution in [-0.2, 0) is 25.7 Å². The van der Waals surface area contributed by atoms with Crippen LogP contribution < -0.4 is 0 Å². The largest absolute Gasteiger partial charge is 0.465 e. The van der Waals surface area contributed by atoms with Gasteiger partial charge in [-0.05, 0) is 24.8 Å². The first-order valence-corrected chi connectivity index (χ1v) is 11.1. The highest BCUT2D eigenvalue weighted by Gasteiger charge is 2.37. The highest BCUT2D eigenvalue weighted by molar-refractivity contribution is 5.82. The van der Waals surface area contributed by atoms with Crippen LogP contribution in [0.2, 0.25) is 0 Å². The quantitative estimate of drug-likeness (QED) is 0.334. The molecule has 0 heterocycles. The maximum atomic E-state index is 12.6. The molecule has 1 aromatic carbocycles. The fraction of sp³-hybridized carbons (Fsp3) is 0.667. The Bertz CT molecular complexity index is 569. The van der Waals surface area contributed by atoms with Crippen molar-refractivity contribution in [3.05, 3.63) is 35.9 Å². The molecule has 1 saturated carbocycles. The van der Waals surface area contributed by atoms with Gasteiger partial charge in [0.05, 0.1) is 18.4 Å². The van der Waals surface area contributed by atoms with E-state index in [1.165, 1.54) is 32.1 Å². The average Bonchev–Trinajstić information content (AvgIpc) is 2.74. The lowest BCUT2D eigenvalue weighted by Crippen LogP contribution is -2.35. The van der Waals surface area contributed by atoms with Crippen LogP contribution in [0.25, 0.3) is 0 Å². The summed E-state index contributed by atoms with van der Waals surface area (Å²) in [4.78, 5) is 25.1. The van der Waals surface area contributed by atoms with E-state index in [9.17, 15) is 9.59 Å². The summed E-state index contributed by atoms with van der Waals surface area (Å²) in [6.45, 7) is 2.94. The van der Waals surface area contributed by atoms with Crippen LogP contribution >= 0.6 is 0 Å². The molecule has 0 aliphatic heterocycles. The lowest BCUT2D eigenvalue weighted by Gasteiger charge is -2.28. The van der Waals surface area contributed by atoms with Gasteiger partial charge in [0.15, 0.2) is 0 Å². The topological polar surface area (TPSA) is 52.6 Å². The van der Waals surface area contributed by atoms with E-state index in [0.29, 0.717) is 13.0 Å². The van der Waals surface area contributed by atoms with E-state index in [0.717, 1.165) is 37.7 Å². The van der Waals surface area contributed by atoms with Crippen LogP contribution in [0, 0.1) is 11.8 Å². The predicted octanol–water partition coefficient (Wildman–Crippen LogP) is 5.83. The smallest absolute Gasteiger partial charge is 0.310 e. The van der Waals surface area contributed by atoms with E-state index in [2.05, 4.69) is 6.92 Å². The van der Waals surface area contributed by atoms with Crippen LogP contribution in [0.15, 0.2) is 30.3 Å². The number of esters is 2. The standard InChI is InChI=1S/C24H36O4/c1-2-3-4-5-6-7-13-18-27-23(25)21-16-11-12-17-22(21)24(26)28-19-20-14-9-8-10-15-20/h8-10,14-15,21-22H,2-7,11-13,16-19H2,1H3. The van der Waals surface area contributed by atoms with Gasteiger partial charge in [0.1, 0.15) is 6.61 Å². The van der Waals surface area contributed by atoms with Crippen molar-refractivity contribution < 1.29 is 19.1 Å². The fourth-order valence-corrected chi connectivity index (χ4v) is 3.87. The van der Waals surface area contributed by atoms with E-state index in [-0.39, 0.29) is 30.4 Å². The van der Waals surface area contributed by atoms with Crippen molar-refractivity contribution in [2.24, 2.45) is 11.8 Å². The molecule has 2 atom stereocenters. The lowest BCUT2D eigenvalue weighted by molar-refractivity contribution is -0.163. The van der Waals surface area contributed by atoms with E-state index >= 15 is 0 Å². The molecule has 0 bridgehead atoms. The van der Waals surface area contributed by atoms with Gasteiger partial charge in [-0.3, -0.25) is 9.59 Å². The molecule has 0 aromatic heterocycles.